The summed E-state index contributed by atoms with van der Waals surface area (Å²) in [6, 6.07) is 0.590. The molecule has 1 saturated heterocycles. The number of amides is 1. The second-order valence-electron chi connectivity index (χ2n) is 5.43. The van der Waals surface area contributed by atoms with Crippen molar-refractivity contribution in [3.05, 3.63) is 0 Å². The van der Waals surface area contributed by atoms with Gasteiger partial charge >= 0.3 is 0 Å². The van der Waals surface area contributed by atoms with E-state index in [4.69, 9.17) is 5.73 Å². The van der Waals surface area contributed by atoms with E-state index in [0.29, 0.717) is 12.0 Å². The molecule has 1 amide bonds. The molecule has 4 nitrogen and oxygen atoms in total. The lowest BCUT2D eigenvalue weighted by Gasteiger charge is -2.32. The zero-order valence-corrected chi connectivity index (χ0v) is 11.1. The van der Waals surface area contributed by atoms with Crippen LogP contribution in [0.1, 0.15) is 32.6 Å². The largest absolute Gasteiger partial charge is 0.328 e. The van der Waals surface area contributed by atoms with Gasteiger partial charge < -0.3 is 16.0 Å². The first-order valence-electron chi connectivity index (χ1n) is 6.95. The highest BCUT2D eigenvalue weighted by Crippen LogP contribution is 2.22. The van der Waals surface area contributed by atoms with E-state index in [1.165, 1.54) is 0 Å². The zero-order chi connectivity index (χ0) is 13.0. The number of nitrogens with zero attached hydrogens (tertiary/aromatic N) is 1. The van der Waals surface area contributed by atoms with Gasteiger partial charge in [0.15, 0.2) is 0 Å². The third-order valence-electron chi connectivity index (χ3n) is 3.92. The van der Waals surface area contributed by atoms with Crippen LogP contribution in [0.25, 0.3) is 0 Å². The van der Waals surface area contributed by atoms with E-state index in [1.807, 2.05) is 4.90 Å². The van der Waals surface area contributed by atoms with Gasteiger partial charge in [0.1, 0.15) is 0 Å². The maximum atomic E-state index is 12.0. The van der Waals surface area contributed by atoms with Gasteiger partial charge in [0.05, 0.1) is 0 Å². The molecule has 0 aromatic heterocycles. The van der Waals surface area contributed by atoms with E-state index in [1.54, 1.807) is 0 Å². The number of carbonyl (C=O) groups is 1. The summed E-state index contributed by atoms with van der Waals surface area (Å²) in [4.78, 5) is 13.9. The van der Waals surface area contributed by atoms with Crippen LogP contribution in [-0.4, -0.2) is 42.5 Å². The monoisotopic (exact) mass is 249 g/mol. The van der Waals surface area contributed by atoms with Crippen LogP contribution in [0, 0.1) is 17.8 Å². The topological polar surface area (TPSA) is 58.4 Å². The van der Waals surface area contributed by atoms with Crippen LogP contribution in [0.3, 0.4) is 0 Å². The maximum Gasteiger partial charge on any atom is 0.298 e. The Balaban J connectivity index is 1.87. The summed E-state index contributed by atoms with van der Waals surface area (Å²) in [6.45, 7) is 4.57. The minimum atomic E-state index is -0.0149. The molecular formula is C14H23N3O. The van der Waals surface area contributed by atoms with Crippen molar-refractivity contribution in [2.45, 2.75) is 44.7 Å². The molecule has 1 aliphatic carbocycles. The third kappa shape index (κ3) is 3.47. The van der Waals surface area contributed by atoms with Gasteiger partial charge in [-0.05, 0) is 38.5 Å². The molecule has 1 atom stereocenters. The summed E-state index contributed by atoms with van der Waals surface area (Å²) in [6.07, 6.45) is 4.16. The summed E-state index contributed by atoms with van der Waals surface area (Å²) in [7, 11) is 0. The van der Waals surface area contributed by atoms with Crippen LogP contribution < -0.4 is 11.1 Å². The molecule has 4 heteroatoms. The van der Waals surface area contributed by atoms with Crippen molar-refractivity contribution in [2.24, 2.45) is 11.7 Å². The molecule has 18 heavy (non-hydrogen) atoms. The molecule has 0 radical (unpaired) electrons. The number of hydrogen-bond donors (Lipinski definition) is 2. The first-order chi connectivity index (χ1) is 8.66. The number of nitrogens with one attached hydrogen (secondary N) is 1. The fourth-order valence-electron chi connectivity index (χ4n) is 2.64. The summed E-state index contributed by atoms with van der Waals surface area (Å²) >= 11 is 0. The first-order valence-corrected chi connectivity index (χ1v) is 6.95. The zero-order valence-electron chi connectivity index (χ0n) is 11.1. The minimum Gasteiger partial charge on any atom is -0.328 e. The van der Waals surface area contributed by atoms with Gasteiger partial charge in [0, 0.05) is 37.6 Å². The van der Waals surface area contributed by atoms with Crippen molar-refractivity contribution in [2.75, 3.05) is 19.6 Å². The Morgan fingerprint density at radius 2 is 2.06 bits per heavy atom. The minimum absolute atomic E-state index is 0.0149. The molecule has 0 bridgehead atoms. The van der Waals surface area contributed by atoms with Crippen LogP contribution >= 0.6 is 0 Å². The van der Waals surface area contributed by atoms with Gasteiger partial charge in [-0.15, -0.1) is 0 Å². The normalized spacial score (nSPS) is 32.6. The van der Waals surface area contributed by atoms with Crippen molar-refractivity contribution < 1.29 is 4.79 Å². The van der Waals surface area contributed by atoms with E-state index in [-0.39, 0.29) is 11.9 Å². The van der Waals surface area contributed by atoms with E-state index in [0.717, 1.165) is 45.3 Å². The molecule has 2 fully saturated rings. The predicted molar refractivity (Wildman–Crippen MR) is 71.8 cm³/mol. The summed E-state index contributed by atoms with van der Waals surface area (Å²) in [5.41, 5.74) is 5.86. The molecule has 1 unspecified atom stereocenters. The van der Waals surface area contributed by atoms with Crippen LogP contribution in [-0.2, 0) is 4.79 Å². The molecule has 0 aromatic carbocycles. The van der Waals surface area contributed by atoms with E-state index >= 15 is 0 Å². The second-order valence-corrected chi connectivity index (χ2v) is 5.43. The molecule has 1 heterocycles. The van der Waals surface area contributed by atoms with Gasteiger partial charge in [-0.3, -0.25) is 4.79 Å². The van der Waals surface area contributed by atoms with Crippen molar-refractivity contribution in [1.29, 1.82) is 0 Å². The van der Waals surface area contributed by atoms with Gasteiger partial charge in [-0.1, -0.05) is 5.92 Å². The second kappa shape index (κ2) is 6.21. The highest BCUT2D eigenvalue weighted by Gasteiger charge is 2.22. The Kier molecular flexibility index (Phi) is 4.62. The van der Waals surface area contributed by atoms with Crippen LogP contribution in [0.15, 0.2) is 0 Å². The summed E-state index contributed by atoms with van der Waals surface area (Å²) in [5.74, 6) is 6.33. The van der Waals surface area contributed by atoms with Crippen molar-refractivity contribution in [3.63, 3.8) is 0 Å². The Labute approximate surface area is 109 Å². The van der Waals surface area contributed by atoms with Crippen LogP contribution in [0.5, 0.6) is 0 Å². The average molecular weight is 249 g/mol. The SMILES string of the molecule is CC1CNCCN1C(=O)C#CC1CCC(N)CC1. The molecule has 2 aliphatic rings. The molecule has 1 aliphatic heterocycles. The van der Waals surface area contributed by atoms with Gasteiger partial charge in [0.25, 0.3) is 5.91 Å². The molecular weight excluding hydrogens is 226 g/mol. The number of rotatable bonds is 0. The summed E-state index contributed by atoms with van der Waals surface area (Å²) < 4.78 is 0. The third-order valence-corrected chi connectivity index (χ3v) is 3.92. The quantitative estimate of drug-likeness (QED) is 0.608. The highest BCUT2D eigenvalue weighted by molar-refractivity contribution is 5.93. The van der Waals surface area contributed by atoms with E-state index in [9.17, 15) is 4.79 Å². The number of nitrogens with two attached hydrogens (primary N) is 1. The Morgan fingerprint density at radius 1 is 1.33 bits per heavy atom. The van der Waals surface area contributed by atoms with E-state index in [2.05, 4.69) is 24.1 Å². The van der Waals surface area contributed by atoms with Gasteiger partial charge in [-0.2, -0.15) is 0 Å². The first kappa shape index (κ1) is 13.4. The van der Waals surface area contributed by atoms with Gasteiger partial charge in [0.2, 0.25) is 0 Å². The lowest BCUT2D eigenvalue weighted by molar-refractivity contribution is -0.127. The molecule has 3 N–H and O–H groups in total. The molecule has 0 spiro atoms. The lowest BCUT2D eigenvalue weighted by atomic mass is 9.87. The van der Waals surface area contributed by atoms with Crippen LogP contribution in [0.4, 0.5) is 0 Å². The Bertz CT molecular complexity index is 350. The predicted octanol–water partition coefficient (Wildman–Crippen LogP) is 0.328. The summed E-state index contributed by atoms with van der Waals surface area (Å²) in [5, 5.41) is 3.27. The molecule has 2 rings (SSSR count). The highest BCUT2D eigenvalue weighted by atomic mass is 16.2. The molecule has 0 aromatic rings. The maximum absolute atomic E-state index is 12.0. The smallest absolute Gasteiger partial charge is 0.298 e. The fourth-order valence-corrected chi connectivity index (χ4v) is 2.64. The number of carbonyl (C=O) groups excluding carboxylic acids is 1. The van der Waals surface area contributed by atoms with Gasteiger partial charge in [-0.25, -0.2) is 0 Å². The number of hydrogen-bond acceptors (Lipinski definition) is 3. The van der Waals surface area contributed by atoms with Crippen molar-refractivity contribution in [1.82, 2.24) is 10.2 Å². The van der Waals surface area contributed by atoms with E-state index < -0.39 is 0 Å². The molecule has 1 saturated carbocycles. The van der Waals surface area contributed by atoms with Crippen molar-refractivity contribution >= 4 is 5.91 Å². The standard InChI is InChI=1S/C14H23N3O/c1-11-10-16-8-9-17(11)14(18)7-4-12-2-5-13(15)6-3-12/h11-13,16H,2-3,5-6,8-10,15H2,1H3. The average Bonchev–Trinajstić information content (AvgIpc) is 2.38. The molecule has 100 valence electrons. The van der Waals surface area contributed by atoms with Crippen molar-refractivity contribution in [3.8, 4) is 11.8 Å². The fraction of sp³-hybridized carbons (Fsp3) is 0.786. The number of piperazine rings is 1. The lowest BCUT2D eigenvalue weighted by Crippen LogP contribution is -2.51. The Hall–Kier alpha value is -1.05. The Morgan fingerprint density at radius 3 is 2.72 bits per heavy atom. The van der Waals surface area contributed by atoms with Crippen LogP contribution in [0.2, 0.25) is 0 Å².